The van der Waals surface area contributed by atoms with Crippen LogP contribution < -0.4 is 16.2 Å². The van der Waals surface area contributed by atoms with E-state index in [0.29, 0.717) is 11.6 Å². The minimum Gasteiger partial charge on any atom is -0.326 e. The van der Waals surface area contributed by atoms with Crippen molar-refractivity contribution < 1.29 is 18.8 Å². The average molecular weight is 399 g/mol. The minimum atomic E-state index is -0.618. The van der Waals surface area contributed by atoms with Crippen LogP contribution in [0.25, 0.3) is 0 Å². The number of hydrogen-bond donors (Lipinski definition) is 3. The molecule has 0 aromatic heterocycles. The lowest BCUT2D eigenvalue weighted by Crippen LogP contribution is -2.42. The maximum Gasteiger partial charge on any atom is 0.269 e. The fourth-order valence-electron chi connectivity index (χ4n) is 2.75. The van der Waals surface area contributed by atoms with Crippen molar-refractivity contribution in [2.75, 3.05) is 5.32 Å². The SMILES string of the molecule is CC(CC(=O)NNC(=O)c1cccc(F)c1)CC(=O)Nc1ccc(C(C)C)cc1. The predicted octanol–water partition coefficient (Wildman–Crippen LogP) is 3.77. The molecule has 0 saturated heterocycles. The third-order valence-electron chi connectivity index (χ3n) is 4.33. The molecule has 154 valence electrons. The Hall–Kier alpha value is -3.22. The van der Waals surface area contributed by atoms with E-state index in [1.807, 2.05) is 24.3 Å². The van der Waals surface area contributed by atoms with Crippen molar-refractivity contribution >= 4 is 23.4 Å². The fraction of sp³-hybridized carbons (Fsp3) is 0.318. The summed E-state index contributed by atoms with van der Waals surface area (Å²) in [5.41, 5.74) is 6.50. The average Bonchev–Trinajstić information content (AvgIpc) is 2.66. The molecule has 3 amide bonds. The second-order valence-corrected chi connectivity index (χ2v) is 7.35. The molecule has 2 aromatic carbocycles. The van der Waals surface area contributed by atoms with Gasteiger partial charge in [0.15, 0.2) is 0 Å². The van der Waals surface area contributed by atoms with Crippen molar-refractivity contribution in [2.45, 2.75) is 39.5 Å². The number of halogens is 1. The second kappa shape index (κ2) is 10.4. The Kier molecular flexibility index (Phi) is 7.88. The van der Waals surface area contributed by atoms with Crippen LogP contribution in [0.5, 0.6) is 0 Å². The Bertz CT molecular complexity index is 866. The zero-order valence-corrected chi connectivity index (χ0v) is 16.8. The Labute approximate surface area is 169 Å². The molecular weight excluding hydrogens is 373 g/mol. The number of carbonyl (C=O) groups is 3. The van der Waals surface area contributed by atoms with E-state index < -0.39 is 17.6 Å². The van der Waals surface area contributed by atoms with Crippen molar-refractivity contribution in [2.24, 2.45) is 5.92 Å². The smallest absolute Gasteiger partial charge is 0.269 e. The molecule has 0 heterocycles. The van der Waals surface area contributed by atoms with E-state index >= 15 is 0 Å². The van der Waals surface area contributed by atoms with Gasteiger partial charge < -0.3 is 5.32 Å². The molecule has 1 atom stereocenters. The van der Waals surface area contributed by atoms with Gasteiger partial charge in [0.25, 0.3) is 5.91 Å². The molecule has 0 radical (unpaired) electrons. The summed E-state index contributed by atoms with van der Waals surface area (Å²) in [7, 11) is 0. The van der Waals surface area contributed by atoms with Crippen molar-refractivity contribution in [3.05, 3.63) is 65.5 Å². The van der Waals surface area contributed by atoms with E-state index in [-0.39, 0.29) is 30.2 Å². The number of nitrogens with one attached hydrogen (secondary N) is 3. The third-order valence-corrected chi connectivity index (χ3v) is 4.33. The van der Waals surface area contributed by atoms with E-state index in [9.17, 15) is 18.8 Å². The van der Waals surface area contributed by atoms with Gasteiger partial charge in [0.2, 0.25) is 11.8 Å². The van der Waals surface area contributed by atoms with Gasteiger partial charge in [-0.3, -0.25) is 25.2 Å². The molecule has 0 aliphatic rings. The highest BCUT2D eigenvalue weighted by Gasteiger charge is 2.15. The Morgan fingerprint density at radius 1 is 0.897 bits per heavy atom. The van der Waals surface area contributed by atoms with Crippen molar-refractivity contribution in [1.82, 2.24) is 10.9 Å². The topological polar surface area (TPSA) is 87.3 Å². The fourth-order valence-corrected chi connectivity index (χ4v) is 2.75. The third kappa shape index (κ3) is 7.37. The Morgan fingerprint density at radius 3 is 2.17 bits per heavy atom. The molecule has 6 nitrogen and oxygen atoms in total. The van der Waals surface area contributed by atoms with Crippen LogP contribution in [-0.2, 0) is 9.59 Å². The number of rotatable bonds is 7. The highest BCUT2D eigenvalue weighted by molar-refractivity contribution is 5.95. The van der Waals surface area contributed by atoms with Crippen LogP contribution in [0.3, 0.4) is 0 Å². The van der Waals surface area contributed by atoms with Gasteiger partial charge >= 0.3 is 0 Å². The van der Waals surface area contributed by atoms with E-state index in [4.69, 9.17) is 0 Å². The summed E-state index contributed by atoms with van der Waals surface area (Å²) in [4.78, 5) is 36.0. The standard InChI is InChI=1S/C22H26FN3O3/c1-14(2)16-7-9-19(10-8-16)24-20(27)11-15(3)12-21(28)25-26-22(29)17-5-4-6-18(23)13-17/h4-10,13-15H,11-12H2,1-3H3,(H,24,27)(H,25,28)(H,26,29). The summed E-state index contributed by atoms with van der Waals surface area (Å²) in [6, 6.07) is 12.8. The summed E-state index contributed by atoms with van der Waals surface area (Å²) in [6.07, 6.45) is 0.223. The molecule has 7 heteroatoms. The monoisotopic (exact) mass is 399 g/mol. The number of carbonyl (C=O) groups excluding carboxylic acids is 3. The molecule has 3 N–H and O–H groups in total. The summed E-state index contributed by atoms with van der Waals surface area (Å²) < 4.78 is 13.1. The van der Waals surface area contributed by atoms with Crippen LogP contribution in [0.15, 0.2) is 48.5 Å². The van der Waals surface area contributed by atoms with E-state index in [1.165, 1.54) is 23.8 Å². The lowest BCUT2D eigenvalue weighted by molar-refractivity contribution is -0.123. The minimum absolute atomic E-state index is 0.0587. The highest BCUT2D eigenvalue weighted by atomic mass is 19.1. The normalized spacial score (nSPS) is 11.6. The van der Waals surface area contributed by atoms with E-state index in [0.717, 1.165) is 6.07 Å². The maximum atomic E-state index is 13.1. The first-order chi connectivity index (χ1) is 13.7. The molecule has 0 aliphatic heterocycles. The molecule has 29 heavy (non-hydrogen) atoms. The number of hydrazine groups is 1. The van der Waals surface area contributed by atoms with Gasteiger partial charge in [-0.1, -0.05) is 39.0 Å². The van der Waals surface area contributed by atoms with E-state index in [2.05, 4.69) is 30.0 Å². The van der Waals surface area contributed by atoms with Gasteiger partial charge in [0.1, 0.15) is 5.82 Å². The van der Waals surface area contributed by atoms with Gasteiger partial charge in [0.05, 0.1) is 0 Å². The van der Waals surface area contributed by atoms with Crippen LogP contribution in [0.2, 0.25) is 0 Å². The Morgan fingerprint density at radius 2 is 1.55 bits per heavy atom. The molecule has 0 fully saturated rings. The van der Waals surface area contributed by atoms with Crippen LogP contribution in [-0.4, -0.2) is 17.7 Å². The maximum absolute atomic E-state index is 13.1. The van der Waals surface area contributed by atoms with Crippen LogP contribution in [0.1, 0.15) is 55.5 Å². The zero-order valence-electron chi connectivity index (χ0n) is 16.8. The molecule has 0 spiro atoms. The molecule has 2 aromatic rings. The number of hydrogen-bond acceptors (Lipinski definition) is 3. The lowest BCUT2D eigenvalue weighted by atomic mass is 10.0. The van der Waals surface area contributed by atoms with Crippen molar-refractivity contribution in [1.29, 1.82) is 0 Å². The summed E-state index contributed by atoms with van der Waals surface area (Å²) in [5, 5.41) is 2.81. The zero-order chi connectivity index (χ0) is 21.4. The molecule has 0 bridgehead atoms. The molecular formula is C22H26FN3O3. The van der Waals surface area contributed by atoms with Crippen LogP contribution in [0, 0.1) is 11.7 Å². The van der Waals surface area contributed by atoms with Crippen LogP contribution in [0.4, 0.5) is 10.1 Å². The van der Waals surface area contributed by atoms with Gasteiger partial charge in [-0.15, -0.1) is 0 Å². The molecule has 1 unspecified atom stereocenters. The second-order valence-electron chi connectivity index (χ2n) is 7.35. The van der Waals surface area contributed by atoms with Crippen molar-refractivity contribution in [3.8, 4) is 0 Å². The van der Waals surface area contributed by atoms with Gasteiger partial charge in [-0.2, -0.15) is 0 Å². The number of benzene rings is 2. The first-order valence-electron chi connectivity index (χ1n) is 9.49. The number of amides is 3. The van der Waals surface area contributed by atoms with Gasteiger partial charge in [0, 0.05) is 24.1 Å². The largest absolute Gasteiger partial charge is 0.326 e. The lowest BCUT2D eigenvalue weighted by Gasteiger charge is -2.13. The molecule has 2 rings (SSSR count). The molecule has 0 aliphatic carbocycles. The summed E-state index contributed by atoms with van der Waals surface area (Å²) in [5.74, 6) is -1.59. The first kappa shape index (κ1) is 22.1. The summed E-state index contributed by atoms with van der Waals surface area (Å²) in [6.45, 7) is 5.97. The van der Waals surface area contributed by atoms with Gasteiger partial charge in [-0.05, 0) is 47.7 Å². The Balaban J connectivity index is 1.74. The molecule has 0 saturated carbocycles. The highest BCUT2D eigenvalue weighted by Crippen LogP contribution is 2.18. The quantitative estimate of drug-likeness (QED) is 0.620. The first-order valence-corrected chi connectivity index (χ1v) is 9.49. The van der Waals surface area contributed by atoms with Crippen LogP contribution >= 0.6 is 0 Å². The van der Waals surface area contributed by atoms with Gasteiger partial charge in [-0.25, -0.2) is 4.39 Å². The van der Waals surface area contributed by atoms with E-state index in [1.54, 1.807) is 6.92 Å². The predicted molar refractivity (Wildman–Crippen MR) is 110 cm³/mol. The van der Waals surface area contributed by atoms with Crippen molar-refractivity contribution in [3.63, 3.8) is 0 Å². The summed E-state index contributed by atoms with van der Waals surface area (Å²) >= 11 is 0. The number of anilines is 1.